The summed E-state index contributed by atoms with van der Waals surface area (Å²) in [5.41, 5.74) is 5.00. The van der Waals surface area contributed by atoms with Gasteiger partial charge in [-0.05, 0) is 92.9 Å². The molecule has 4 aliphatic carbocycles. The van der Waals surface area contributed by atoms with E-state index in [1.54, 1.807) is 0 Å². The molecule has 148 valence electrons. The second kappa shape index (κ2) is 6.91. The van der Waals surface area contributed by atoms with E-state index >= 15 is 0 Å². The molecule has 4 aliphatic rings. The predicted octanol–water partition coefficient (Wildman–Crippen LogP) is 5.74. The first-order valence-electron chi connectivity index (χ1n) is 10.6. The van der Waals surface area contributed by atoms with Gasteiger partial charge in [-0.3, -0.25) is 0 Å². The van der Waals surface area contributed by atoms with Crippen LogP contribution in [0.25, 0.3) is 0 Å². The van der Waals surface area contributed by atoms with Gasteiger partial charge in [0, 0.05) is 29.5 Å². The van der Waals surface area contributed by atoms with E-state index in [1.165, 1.54) is 55.3 Å². The minimum atomic E-state index is 0.208. The largest absolute Gasteiger partial charge is 0.380 e. The summed E-state index contributed by atoms with van der Waals surface area (Å²) in [6, 6.07) is 6.38. The van der Waals surface area contributed by atoms with Gasteiger partial charge >= 0.3 is 0 Å². The molecule has 4 saturated carbocycles. The van der Waals surface area contributed by atoms with Crippen molar-refractivity contribution < 1.29 is 0 Å². The Hall–Kier alpha value is -1.81. The molecular formula is C23H29ClN4. The molecule has 28 heavy (non-hydrogen) atoms. The molecule has 1 aromatic carbocycles. The number of rotatable bonds is 5. The van der Waals surface area contributed by atoms with Crippen molar-refractivity contribution in [2.75, 3.05) is 10.6 Å². The molecule has 0 saturated heterocycles. The molecule has 2 aromatic rings. The van der Waals surface area contributed by atoms with Crippen LogP contribution < -0.4 is 10.6 Å². The van der Waals surface area contributed by atoms with Crippen LogP contribution in [0.4, 0.5) is 11.5 Å². The summed E-state index contributed by atoms with van der Waals surface area (Å²) < 4.78 is 0. The minimum Gasteiger partial charge on any atom is -0.380 e. The van der Waals surface area contributed by atoms with E-state index in [9.17, 15) is 0 Å². The van der Waals surface area contributed by atoms with Crippen LogP contribution in [0.1, 0.15) is 55.2 Å². The molecule has 1 aromatic heterocycles. The third-order valence-electron chi connectivity index (χ3n) is 7.19. The molecule has 1 heterocycles. The van der Waals surface area contributed by atoms with Gasteiger partial charge in [0.25, 0.3) is 0 Å². The van der Waals surface area contributed by atoms with Gasteiger partial charge in [0.1, 0.15) is 5.82 Å². The standard InChI is InChI=1S/C23H29ClN4/c1-14-4-3-5-15(2)20(14)25-12-19-13-26-22(24)27-21(19)28-23-9-16-6-17(10-23)8-18(7-16)11-23/h3-5,13,16-18,25H,6-12H2,1-2H3,(H,26,27,28). The number of hydrogen-bond donors (Lipinski definition) is 2. The third-order valence-corrected chi connectivity index (χ3v) is 7.38. The topological polar surface area (TPSA) is 49.8 Å². The van der Waals surface area contributed by atoms with Crippen molar-refractivity contribution in [3.63, 3.8) is 0 Å². The Balaban J connectivity index is 1.39. The van der Waals surface area contributed by atoms with Gasteiger partial charge in [0.2, 0.25) is 5.28 Å². The molecule has 4 fully saturated rings. The molecule has 0 aliphatic heterocycles. The van der Waals surface area contributed by atoms with E-state index in [0.717, 1.165) is 29.1 Å². The number of aromatic nitrogens is 2. The Bertz CT molecular complexity index is 839. The first kappa shape index (κ1) is 18.2. The highest BCUT2D eigenvalue weighted by atomic mass is 35.5. The van der Waals surface area contributed by atoms with Crippen LogP contribution in [0.3, 0.4) is 0 Å². The lowest BCUT2D eigenvalue weighted by Crippen LogP contribution is -2.55. The number of aryl methyl sites for hydroxylation is 2. The van der Waals surface area contributed by atoms with Crippen molar-refractivity contribution in [3.8, 4) is 0 Å². The Labute approximate surface area is 172 Å². The van der Waals surface area contributed by atoms with Crippen LogP contribution in [0.15, 0.2) is 24.4 Å². The monoisotopic (exact) mass is 396 g/mol. The number of nitrogens with one attached hydrogen (secondary N) is 2. The molecule has 4 bridgehead atoms. The summed E-state index contributed by atoms with van der Waals surface area (Å²) in [7, 11) is 0. The molecule has 2 N–H and O–H groups in total. The fourth-order valence-electron chi connectivity index (χ4n) is 6.41. The van der Waals surface area contributed by atoms with Crippen LogP contribution in [0, 0.1) is 31.6 Å². The van der Waals surface area contributed by atoms with Crippen molar-refractivity contribution in [1.82, 2.24) is 9.97 Å². The maximum atomic E-state index is 6.19. The van der Waals surface area contributed by atoms with Gasteiger partial charge in [-0.2, -0.15) is 0 Å². The van der Waals surface area contributed by atoms with Crippen LogP contribution >= 0.6 is 11.6 Å². The maximum Gasteiger partial charge on any atom is 0.224 e. The van der Waals surface area contributed by atoms with Gasteiger partial charge in [-0.25, -0.2) is 9.97 Å². The van der Waals surface area contributed by atoms with Crippen molar-refractivity contribution in [2.24, 2.45) is 17.8 Å². The quantitative estimate of drug-likeness (QED) is 0.632. The fourth-order valence-corrected chi connectivity index (χ4v) is 6.55. The van der Waals surface area contributed by atoms with Crippen LogP contribution in [0.2, 0.25) is 5.28 Å². The number of benzene rings is 1. The SMILES string of the molecule is Cc1cccc(C)c1NCc1cnc(Cl)nc1NC12CC3CC(CC(C3)C1)C2. The average molecular weight is 397 g/mol. The summed E-state index contributed by atoms with van der Waals surface area (Å²) in [6.07, 6.45) is 10.0. The second-order valence-corrected chi connectivity index (χ2v) is 9.79. The third kappa shape index (κ3) is 3.36. The van der Waals surface area contributed by atoms with Gasteiger partial charge in [-0.1, -0.05) is 18.2 Å². The highest BCUT2D eigenvalue weighted by Gasteiger charge is 2.51. The minimum absolute atomic E-state index is 0.208. The van der Waals surface area contributed by atoms with Crippen LogP contribution in [-0.2, 0) is 6.54 Å². The normalized spacial score (nSPS) is 30.5. The first-order chi connectivity index (χ1) is 13.5. The average Bonchev–Trinajstić information content (AvgIpc) is 2.61. The molecule has 0 amide bonds. The van der Waals surface area contributed by atoms with Crippen LogP contribution in [-0.4, -0.2) is 15.5 Å². The molecular weight excluding hydrogens is 368 g/mol. The second-order valence-electron chi connectivity index (χ2n) is 9.46. The van der Waals surface area contributed by atoms with Gasteiger partial charge in [0.05, 0.1) is 0 Å². The summed E-state index contributed by atoms with van der Waals surface area (Å²) in [6.45, 7) is 4.97. The lowest BCUT2D eigenvalue weighted by molar-refractivity contribution is 0.0105. The molecule has 0 unspecified atom stereocenters. The van der Waals surface area contributed by atoms with Crippen molar-refractivity contribution in [1.29, 1.82) is 0 Å². The number of halogens is 1. The van der Waals surface area contributed by atoms with E-state index in [1.807, 2.05) is 6.20 Å². The number of para-hydroxylation sites is 1. The van der Waals surface area contributed by atoms with E-state index in [4.69, 9.17) is 11.6 Å². The molecule has 0 spiro atoms. The molecule has 0 radical (unpaired) electrons. The Morgan fingerprint density at radius 3 is 2.25 bits per heavy atom. The lowest BCUT2D eigenvalue weighted by atomic mass is 9.53. The zero-order chi connectivity index (χ0) is 19.3. The van der Waals surface area contributed by atoms with Gasteiger partial charge in [-0.15, -0.1) is 0 Å². The molecule has 5 heteroatoms. The van der Waals surface area contributed by atoms with Crippen molar-refractivity contribution >= 4 is 23.1 Å². The van der Waals surface area contributed by atoms with E-state index in [-0.39, 0.29) is 5.54 Å². The van der Waals surface area contributed by atoms with Crippen molar-refractivity contribution in [3.05, 3.63) is 46.4 Å². The molecule has 6 rings (SSSR count). The lowest BCUT2D eigenvalue weighted by Gasteiger charge is -2.57. The number of hydrogen-bond acceptors (Lipinski definition) is 4. The summed E-state index contributed by atoms with van der Waals surface area (Å²) in [4.78, 5) is 8.88. The zero-order valence-corrected chi connectivity index (χ0v) is 17.5. The van der Waals surface area contributed by atoms with Gasteiger partial charge < -0.3 is 10.6 Å². The maximum absolute atomic E-state index is 6.19. The summed E-state index contributed by atoms with van der Waals surface area (Å²) >= 11 is 6.19. The van der Waals surface area contributed by atoms with E-state index in [2.05, 4.69) is 52.6 Å². The van der Waals surface area contributed by atoms with Crippen LogP contribution in [0.5, 0.6) is 0 Å². The zero-order valence-electron chi connectivity index (χ0n) is 16.8. The summed E-state index contributed by atoms with van der Waals surface area (Å²) in [5.74, 6) is 3.60. The van der Waals surface area contributed by atoms with E-state index in [0.29, 0.717) is 11.8 Å². The Morgan fingerprint density at radius 1 is 1.04 bits per heavy atom. The highest BCUT2D eigenvalue weighted by molar-refractivity contribution is 6.28. The molecule has 4 nitrogen and oxygen atoms in total. The Kier molecular flexibility index (Phi) is 4.50. The number of nitrogens with zero attached hydrogens (tertiary/aromatic N) is 2. The predicted molar refractivity (Wildman–Crippen MR) is 115 cm³/mol. The first-order valence-corrected chi connectivity index (χ1v) is 11.0. The van der Waals surface area contributed by atoms with Gasteiger partial charge in [0.15, 0.2) is 0 Å². The van der Waals surface area contributed by atoms with E-state index < -0.39 is 0 Å². The van der Waals surface area contributed by atoms with Crippen molar-refractivity contribution in [2.45, 2.75) is 64.5 Å². The highest BCUT2D eigenvalue weighted by Crippen LogP contribution is 2.56. The number of anilines is 2. The fraction of sp³-hybridized carbons (Fsp3) is 0.565. The smallest absolute Gasteiger partial charge is 0.224 e. The molecule has 0 atom stereocenters. The Morgan fingerprint density at radius 2 is 1.64 bits per heavy atom. The summed E-state index contributed by atoms with van der Waals surface area (Å²) in [5, 5.41) is 7.81.